The van der Waals surface area contributed by atoms with Gasteiger partial charge in [0.1, 0.15) is 0 Å². The summed E-state index contributed by atoms with van der Waals surface area (Å²) in [7, 11) is 0. The van der Waals surface area contributed by atoms with E-state index in [1.54, 1.807) is 12.1 Å². The van der Waals surface area contributed by atoms with Gasteiger partial charge in [0.15, 0.2) is 0 Å². The van der Waals surface area contributed by atoms with Crippen LogP contribution in [-0.4, -0.2) is 11.6 Å². The molecule has 0 aromatic heterocycles. The number of carbonyl (C=O) groups is 1. The number of anilines is 1. The van der Waals surface area contributed by atoms with Gasteiger partial charge in [0, 0.05) is 5.54 Å². The van der Waals surface area contributed by atoms with E-state index in [4.69, 9.17) is 23.2 Å². The Morgan fingerprint density at radius 2 is 1.82 bits per heavy atom. The van der Waals surface area contributed by atoms with E-state index < -0.39 is 0 Å². The first-order valence-corrected chi connectivity index (χ1v) is 6.00. The SMILES string of the molecule is Cc1ccc(Cl)c(NC(=O)NC(C)(C)C)c1Cl. The smallest absolute Gasteiger partial charge is 0.319 e. The molecule has 1 aromatic rings. The normalized spacial score (nSPS) is 11.2. The number of hydrogen-bond donors (Lipinski definition) is 2. The van der Waals surface area contributed by atoms with E-state index in [2.05, 4.69) is 10.6 Å². The molecule has 0 saturated heterocycles. The topological polar surface area (TPSA) is 41.1 Å². The number of urea groups is 1. The van der Waals surface area contributed by atoms with Crippen molar-refractivity contribution in [3.05, 3.63) is 27.7 Å². The lowest BCUT2D eigenvalue weighted by Crippen LogP contribution is -2.43. The fourth-order valence-corrected chi connectivity index (χ4v) is 1.72. The molecular weight excluding hydrogens is 259 g/mol. The molecule has 2 amide bonds. The first kappa shape index (κ1) is 14.1. The van der Waals surface area contributed by atoms with Crippen LogP contribution in [0.25, 0.3) is 0 Å². The minimum atomic E-state index is -0.327. The quantitative estimate of drug-likeness (QED) is 0.791. The summed E-state index contributed by atoms with van der Waals surface area (Å²) in [6.07, 6.45) is 0. The lowest BCUT2D eigenvalue weighted by atomic mass is 10.1. The molecule has 17 heavy (non-hydrogen) atoms. The Hall–Kier alpha value is -0.930. The molecule has 1 rings (SSSR count). The van der Waals surface area contributed by atoms with E-state index >= 15 is 0 Å². The minimum Gasteiger partial charge on any atom is -0.333 e. The van der Waals surface area contributed by atoms with Gasteiger partial charge < -0.3 is 10.6 Å². The van der Waals surface area contributed by atoms with Crippen molar-refractivity contribution in [2.24, 2.45) is 0 Å². The predicted octanol–water partition coefficient (Wildman–Crippen LogP) is 4.22. The van der Waals surface area contributed by atoms with Gasteiger partial charge in [-0.25, -0.2) is 4.79 Å². The Labute approximate surface area is 111 Å². The van der Waals surface area contributed by atoms with Crippen LogP contribution in [0.3, 0.4) is 0 Å². The Kier molecular flexibility index (Phi) is 4.28. The molecule has 1 aromatic carbocycles. The molecule has 0 radical (unpaired) electrons. The first-order valence-electron chi connectivity index (χ1n) is 5.24. The van der Waals surface area contributed by atoms with Crippen molar-refractivity contribution >= 4 is 34.9 Å². The number of rotatable bonds is 1. The number of carbonyl (C=O) groups excluding carboxylic acids is 1. The molecule has 0 atom stereocenters. The summed E-state index contributed by atoms with van der Waals surface area (Å²) in [6, 6.07) is 3.18. The average Bonchev–Trinajstić information content (AvgIpc) is 2.16. The highest BCUT2D eigenvalue weighted by Gasteiger charge is 2.16. The Morgan fingerprint density at radius 3 is 2.35 bits per heavy atom. The highest BCUT2D eigenvalue weighted by Crippen LogP contribution is 2.32. The molecule has 0 aliphatic rings. The van der Waals surface area contributed by atoms with Gasteiger partial charge >= 0.3 is 6.03 Å². The zero-order valence-corrected chi connectivity index (χ0v) is 11.8. The van der Waals surface area contributed by atoms with Crippen molar-refractivity contribution in [2.45, 2.75) is 33.2 Å². The highest BCUT2D eigenvalue weighted by atomic mass is 35.5. The van der Waals surface area contributed by atoms with E-state index in [0.717, 1.165) is 5.56 Å². The Morgan fingerprint density at radius 1 is 1.24 bits per heavy atom. The molecule has 3 nitrogen and oxygen atoms in total. The second-order valence-corrected chi connectivity index (χ2v) is 5.67. The van der Waals surface area contributed by atoms with Crippen molar-refractivity contribution in [1.29, 1.82) is 0 Å². The van der Waals surface area contributed by atoms with Crippen LogP contribution < -0.4 is 10.6 Å². The van der Waals surface area contributed by atoms with Crippen molar-refractivity contribution in [1.82, 2.24) is 5.32 Å². The zero-order chi connectivity index (χ0) is 13.2. The third-order valence-electron chi connectivity index (χ3n) is 2.01. The van der Waals surface area contributed by atoms with Crippen LogP contribution in [0.4, 0.5) is 10.5 Å². The number of benzene rings is 1. The predicted molar refractivity (Wildman–Crippen MR) is 73.1 cm³/mol. The monoisotopic (exact) mass is 274 g/mol. The summed E-state index contributed by atoms with van der Waals surface area (Å²) in [4.78, 5) is 11.7. The van der Waals surface area contributed by atoms with Gasteiger partial charge in [-0.3, -0.25) is 0 Å². The standard InChI is InChI=1S/C12H16Cl2N2O/c1-7-5-6-8(13)10(9(7)14)15-11(17)16-12(2,3)4/h5-6H,1-4H3,(H2,15,16,17). The summed E-state index contributed by atoms with van der Waals surface area (Å²) in [5, 5.41) is 6.32. The summed E-state index contributed by atoms with van der Waals surface area (Å²) in [6.45, 7) is 7.54. The van der Waals surface area contributed by atoms with Crippen molar-refractivity contribution in [3.8, 4) is 0 Å². The number of nitrogens with one attached hydrogen (secondary N) is 2. The van der Waals surface area contributed by atoms with Gasteiger partial charge in [-0.1, -0.05) is 29.3 Å². The number of halogens is 2. The fraction of sp³-hybridized carbons (Fsp3) is 0.417. The molecule has 2 N–H and O–H groups in total. The maximum absolute atomic E-state index is 11.7. The van der Waals surface area contributed by atoms with Gasteiger partial charge in [0.25, 0.3) is 0 Å². The van der Waals surface area contributed by atoms with E-state index in [0.29, 0.717) is 15.7 Å². The third-order valence-corrected chi connectivity index (χ3v) is 2.81. The van der Waals surface area contributed by atoms with Crippen molar-refractivity contribution in [2.75, 3.05) is 5.32 Å². The summed E-state index contributed by atoms with van der Waals surface area (Å²) >= 11 is 12.1. The second-order valence-electron chi connectivity index (χ2n) is 4.88. The maximum Gasteiger partial charge on any atom is 0.319 e. The number of hydrogen-bond acceptors (Lipinski definition) is 1. The fourth-order valence-electron chi connectivity index (χ4n) is 1.26. The van der Waals surface area contributed by atoms with Crippen LogP contribution in [0, 0.1) is 6.92 Å². The number of aryl methyl sites for hydroxylation is 1. The molecule has 5 heteroatoms. The van der Waals surface area contributed by atoms with Crippen LogP contribution in [0.2, 0.25) is 10.0 Å². The van der Waals surface area contributed by atoms with Crippen LogP contribution in [0.5, 0.6) is 0 Å². The van der Waals surface area contributed by atoms with Crippen molar-refractivity contribution < 1.29 is 4.79 Å². The minimum absolute atomic E-state index is 0.313. The summed E-state index contributed by atoms with van der Waals surface area (Å²) in [5.41, 5.74) is 0.990. The van der Waals surface area contributed by atoms with Gasteiger partial charge in [-0.05, 0) is 39.3 Å². The van der Waals surface area contributed by atoms with Crippen LogP contribution in [-0.2, 0) is 0 Å². The average molecular weight is 275 g/mol. The third kappa shape index (κ3) is 4.10. The molecule has 0 aliphatic carbocycles. The Balaban J connectivity index is 2.89. The van der Waals surface area contributed by atoms with Crippen molar-refractivity contribution in [3.63, 3.8) is 0 Å². The Bertz CT molecular complexity index is 439. The lowest BCUT2D eigenvalue weighted by Gasteiger charge is -2.21. The van der Waals surface area contributed by atoms with Gasteiger partial charge in [-0.2, -0.15) is 0 Å². The van der Waals surface area contributed by atoms with E-state index in [1.165, 1.54) is 0 Å². The lowest BCUT2D eigenvalue weighted by molar-refractivity contribution is 0.244. The molecule has 94 valence electrons. The molecule has 0 aliphatic heterocycles. The number of amides is 2. The van der Waals surface area contributed by atoms with Crippen LogP contribution >= 0.6 is 23.2 Å². The van der Waals surface area contributed by atoms with Crippen LogP contribution in [0.1, 0.15) is 26.3 Å². The molecule has 0 unspecified atom stereocenters. The highest BCUT2D eigenvalue weighted by molar-refractivity contribution is 6.40. The molecule has 0 bridgehead atoms. The summed E-state index contributed by atoms with van der Waals surface area (Å²) in [5.74, 6) is 0. The molecule has 0 heterocycles. The zero-order valence-electron chi connectivity index (χ0n) is 10.3. The second kappa shape index (κ2) is 5.15. The first-order chi connectivity index (χ1) is 7.70. The summed E-state index contributed by atoms with van der Waals surface area (Å²) < 4.78 is 0. The van der Waals surface area contributed by atoms with E-state index in [1.807, 2.05) is 27.7 Å². The van der Waals surface area contributed by atoms with Crippen LogP contribution in [0.15, 0.2) is 12.1 Å². The molecule has 0 fully saturated rings. The van der Waals surface area contributed by atoms with Gasteiger partial charge in [-0.15, -0.1) is 0 Å². The molecule has 0 saturated carbocycles. The van der Waals surface area contributed by atoms with Gasteiger partial charge in [0.2, 0.25) is 0 Å². The van der Waals surface area contributed by atoms with Gasteiger partial charge in [0.05, 0.1) is 15.7 Å². The largest absolute Gasteiger partial charge is 0.333 e. The molecule has 0 spiro atoms. The maximum atomic E-state index is 11.7. The van der Waals surface area contributed by atoms with E-state index in [-0.39, 0.29) is 11.6 Å². The molecular formula is C12H16Cl2N2O. The van der Waals surface area contributed by atoms with E-state index in [9.17, 15) is 4.79 Å².